The Balaban J connectivity index is 1.59. The minimum absolute atomic E-state index is 0.0179. The van der Waals surface area contributed by atoms with Gasteiger partial charge in [-0.1, -0.05) is 13.3 Å². The van der Waals surface area contributed by atoms with E-state index < -0.39 is 0 Å². The van der Waals surface area contributed by atoms with Gasteiger partial charge in [0.2, 0.25) is 5.91 Å². The number of hydrogen-bond acceptors (Lipinski definition) is 4. The average molecular weight is 295 g/mol. The summed E-state index contributed by atoms with van der Waals surface area (Å²) in [5.74, 6) is 0.0179. The first-order valence-electron chi connectivity index (χ1n) is 7.05. The summed E-state index contributed by atoms with van der Waals surface area (Å²) in [4.78, 5) is 17.1. The molecule has 5 nitrogen and oxygen atoms in total. The van der Waals surface area contributed by atoms with Crippen molar-refractivity contribution >= 4 is 22.2 Å². The zero-order valence-corrected chi connectivity index (χ0v) is 12.6. The van der Waals surface area contributed by atoms with Gasteiger partial charge >= 0.3 is 0 Å². The molecule has 2 aromatic heterocycles. The number of nitrogens with one attached hydrogen (secondary N) is 1. The molecule has 2 heterocycles. The lowest BCUT2D eigenvalue weighted by atomic mass is 10.3. The van der Waals surface area contributed by atoms with Crippen LogP contribution >= 0.6 is 11.3 Å². The van der Waals surface area contributed by atoms with Gasteiger partial charge in [-0.05, 0) is 12.8 Å². The molecule has 0 bridgehead atoms. The van der Waals surface area contributed by atoms with Gasteiger partial charge in [0.25, 0.3) is 0 Å². The van der Waals surface area contributed by atoms with Crippen molar-refractivity contribution < 1.29 is 9.53 Å². The molecule has 0 fully saturated rings. The van der Waals surface area contributed by atoms with E-state index in [1.807, 2.05) is 22.2 Å². The fraction of sp³-hybridized carbons (Fsp3) is 0.571. The molecular weight excluding hydrogens is 274 g/mol. The highest BCUT2D eigenvalue weighted by molar-refractivity contribution is 7.15. The highest BCUT2D eigenvalue weighted by Gasteiger charge is 2.07. The van der Waals surface area contributed by atoms with Crippen LogP contribution < -0.4 is 5.32 Å². The zero-order chi connectivity index (χ0) is 14.2. The Hall–Kier alpha value is -1.40. The summed E-state index contributed by atoms with van der Waals surface area (Å²) in [5.41, 5.74) is 0.813. The second kappa shape index (κ2) is 8.01. The summed E-state index contributed by atoms with van der Waals surface area (Å²) in [7, 11) is 0. The summed E-state index contributed by atoms with van der Waals surface area (Å²) in [6.07, 6.45) is 7.29. The molecule has 0 spiro atoms. The van der Waals surface area contributed by atoms with Crippen LogP contribution in [-0.4, -0.2) is 35.1 Å². The number of carbonyl (C=O) groups is 1. The topological polar surface area (TPSA) is 55.6 Å². The van der Waals surface area contributed by atoms with Gasteiger partial charge in [-0.25, -0.2) is 4.98 Å². The van der Waals surface area contributed by atoms with Crippen molar-refractivity contribution in [3.63, 3.8) is 0 Å². The third-order valence-corrected chi connectivity index (χ3v) is 3.69. The fourth-order valence-corrected chi connectivity index (χ4v) is 2.56. The zero-order valence-electron chi connectivity index (χ0n) is 11.8. The molecule has 0 aliphatic carbocycles. The predicted molar refractivity (Wildman–Crippen MR) is 80.1 cm³/mol. The molecule has 0 atom stereocenters. The Morgan fingerprint density at radius 3 is 3.10 bits per heavy atom. The Morgan fingerprint density at radius 1 is 1.45 bits per heavy atom. The van der Waals surface area contributed by atoms with E-state index >= 15 is 0 Å². The lowest BCUT2D eigenvalue weighted by Gasteiger charge is -2.05. The summed E-state index contributed by atoms with van der Waals surface area (Å²) in [5, 5.41) is 4.87. The maximum absolute atomic E-state index is 11.7. The first-order chi connectivity index (χ1) is 9.79. The molecule has 2 rings (SSSR count). The van der Waals surface area contributed by atoms with Crippen LogP contribution in [0.1, 0.15) is 31.9 Å². The van der Waals surface area contributed by atoms with Gasteiger partial charge < -0.3 is 10.1 Å². The number of aromatic nitrogens is 2. The van der Waals surface area contributed by atoms with Gasteiger partial charge in [0.15, 0.2) is 4.96 Å². The number of rotatable bonds is 9. The second-order valence-corrected chi connectivity index (χ2v) is 5.54. The SMILES string of the molecule is CCCCOCCCNC(=O)Cc1cn2ccsc2n1. The van der Waals surface area contributed by atoms with E-state index in [2.05, 4.69) is 17.2 Å². The molecule has 0 saturated heterocycles. The normalized spacial score (nSPS) is 11.1. The minimum atomic E-state index is 0.0179. The van der Waals surface area contributed by atoms with Crippen molar-refractivity contribution in [3.8, 4) is 0 Å². The monoisotopic (exact) mass is 295 g/mol. The maximum Gasteiger partial charge on any atom is 0.226 e. The number of thiazole rings is 1. The molecule has 0 radical (unpaired) electrons. The highest BCUT2D eigenvalue weighted by atomic mass is 32.1. The predicted octanol–water partition coefficient (Wildman–Crippen LogP) is 2.26. The van der Waals surface area contributed by atoms with Gasteiger partial charge in [-0.2, -0.15) is 0 Å². The van der Waals surface area contributed by atoms with E-state index in [0.29, 0.717) is 19.6 Å². The highest BCUT2D eigenvalue weighted by Crippen LogP contribution is 2.11. The van der Waals surface area contributed by atoms with Crippen molar-refractivity contribution in [3.05, 3.63) is 23.5 Å². The number of hydrogen-bond donors (Lipinski definition) is 1. The quantitative estimate of drug-likeness (QED) is 0.722. The first kappa shape index (κ1) is 15.0. The molecule has 20 heavy (non-hydrogen) atoms. The Kier molecular flexibility index (Phi) is 6.01. The second-order valence-electron chi connectivity index (χ2n) is 4.67. The van der Waals surface area contributed by atoms with E-state index in [1.165, 1.54) is 0 Å². The van der Waals surface area contributed by atoms with Gasteiger partial charge in [0, 0.05) is 37.5 Å². The fourth-order valence-electron chi connectivity index (χ4n) is 1.84. The number of nitrogens with zero attached hydrogens (tertiary/aromatic N) is 2. The average Bonchev–Trinajstić information content (AvgIpc) is 2.98. The van der Waals surface area contributed by atoms with Crippen LogP contribution in [0.25, 0.3) is 4.96 Å². The Bertz CT molecular complexity index is 507. The van der Waals surface area contributed by atoms with Crippen molar-refractivity contribution in [2.45, 2.75) is 32.6 Å². The van der Waals surface area contributed by atoms with Gasteiger partial charge in [0.05, 0.1) is 12.1 Å². The molecule has 1 amide bonds. The standard InChI is InChI=1S/C14H21N3O2S/c1-2-3-7-19-8-4-5-15-13(18)10-12-11-17-6-9-20-14(17)16-12/h6,9,11H,2-5,7-8,10H2,1H3,(H,15,18). The summed E-state index contributed by atoms with van der Waals surface area (Å²) < 4.78 is 7.38. The lowest BCUT2D eigenvalue weighted by molar-refractivity contribution is -0.120. The third kappa shape index (κ3) is 4.61. The van der Waals surface area contributed by atoms with Crippen LogP contribution in [-0.2, 0) is 16.0 Å². The molecule has 0 saturated carbocycles. The van der Waals surface area contributed by atoms with Crippen molar-refractivity contribution in [2.75, 3.05) is 19.8 Å². The molecule has 0 aromatic carbocycles. The van der Waals surface area contributed by atoms with Crippen molar-refractivity contribution in [2.24, 2.45) is 0 Å². The minimum Gasteiger partial charge on any atom is -0.381 e. The number of amides is 1. The third-order valence-electron chi connectivity index (χ3n) is 2.91. The molecule has 1 N–H and O–H groups in total. The summed E-state index contributed by atoms with van der Waals surface area (Å²) in [6.45, 7) is 4.33. The van der Waals surface area contributed by atoms with Crippen LogP contribution in [0.5, 0.6) is 0 Å². The van der Waals surface area contributed by atoms with Crippen LogP contribution in [0, 0.1) is 0 Å². The largest absolute Gasteiger partial charge is 0.381 e. The Morgan fingerprint density at radius 2 is 2.30 bits per heavy atom. The molecule has 6 heteroatoms. The maximum atomic E-state index is 11.7. The van der Waals surface area contributed by atoms with Crippen molar-refractivity contribution in [1.29, 1.82) is 0 Å². The van der Waals surface area contributed by atoms with E-state index in [1.54, 1.807) is 11.3 Å². The molecule has 0 aliphatic heterocycles. The molecule has 110 valence electrons. The number of imidazole rings is 1. The smallest absolute Gasteiger partial charge is 0.226 e. The van der Waals surface area contributed by atoms with E-state index in [-0.39, 0.29) is 5.91 Å². The van der Waals surface area contributed by atoms with Gasteiger partial charge in [0.1, 0.15) is 0 Å². The molecular formula is C14H21N3O2S. The lowest BCUT2D eigenvalue weighted by Crippen LogP contribution is -2.27. The van der Waals surface area contributed by atoms with Crippen LogP contribution in [0.2, 0.25) is 0 Å². The first-order valence-corrected chi connectivity index (χ1v) is 7.93. The number of fused-ring (bicyclic) bond motifs is 1. The molecule has 0 aliphatic rings. The molecule has 0 unspecified atom stereocenters. The van der Waals surface area contributed by atoms with Crippen molar-refractivity contribution in [1.82, 2.24) is 14.7 Å². The number of unbranched alkanes of at least 4 members (excludes halogenated alkanes) is 1. The Labute approximate surface area is 123 Å². The van der Waals surface area contributed by atoms with E-state index in [9.17, 15) is 4.79 Å². The van der Waals surface area contributed by atoms with Crippen LogP contribution in [0.4, 0.5) is 0 Å². The number of ether oxygens (including phenoxy) is 1. The van der Waals surface area contributed by atoms with E-state index in [4.69, 9.17) is 4.74 Å². The van der Waals surface area contributed by atoms with Gasteiger partial charge in [-0.15, -0.1) is 11.3 Å². The van der Waals surface area contributed by atoms with Gasteiger partial charge in [-0.3, -0.25) is 9.20 Å². The van der Waals surface area contributed by atoms with Crippen LogP contribution in [0.15, 0.2) is 17.8 Å². The molecule has 2 aromatic rings. The van der Waals surface area contributed by atoms with Crippen LogP contribution in [0.3, 0.4) is 0 Å². The summed E-state index contributed by atoms with van der Waals surface area (Å²) >= 11 is 1.57. The number of carbonyl (C=O) groups excluding carboxylic acids is 1. The van der Waals surface area contributed by atoms with E-state index in [0.717, 1.165) is 36.5 Å². The summed E-state index contributed by atoms with van der Waals surface area (Å²) in [6, 6.07) is 0.